The molecule has 0 aliphatic carbocycles. The zero-order valence-electron chi connectivity index (χ0n) is 18.8. The first kappa shape index (κ1) is 22.8. The van der Waals surface area contributed by atoms with Crippen LogP contribution in [0.4, 0.5) is 42.0 Å². The van der Waals surface area contributed by atoms with Crippen molar-refractivity contribution >= 4 is 39.7 Å². The Morgan fingerprint density at radius 3 is 2.66 bits per heavy atom. The molecule has 5 rings (SSSR count). The van der Waals surface area contributed by atoms with Crippen LogP contribution in [0.25, 0.3) is 10.9 Å². The van der Waals surface area contributed by atoms with Crippen molar-refractivity contribution in [2.75, 3.05) is 41.8 Å². The number of aryl methyl sites for hydroxylation is 1. The van der Waals surface area contributed by atoms with Crippen molar-refractivity contribution in [3.05, 3.63) is 66.0 Å². The molecule has 1 aliphatic heterocycles. The maximum atomic E-state index is 13.6. The van der Waals surface area contributed by atoms with E-state index in [2.05, 4.69) is 30.8 Å². The number of alkyl halides is 3. The summed E-state index contributed by atoms with van der Waals surface area (Å²) in [5.74, 6) is 0.614. The van der Waals surface area contributed by atoms with Crippen LogP contribution in [0.15, 0.2) is 54.9 Å². The van der Waals surface area contributed by atoms with Crippen LogP contribution in [-0.4, -0.2) is 46.5 Å². The average molecular weight is 481 g/mol. The second-order valence-corrected chi connectivity index (χ2v) is 8.11. The maximum absolute atomic E-state index is 13.6. The van der Waals surface area contributed by atoms with Gasteiger partial charge in [0, 0.05) is 36.0 Å². The Morgan fingerprint density at radius 2 is 1.86 bits per heavy atom. The average Bonchev–Trinajstić information content (AvgIpc) is 2.85. The molecule has 0 bridgehead atoms. The first-order valence-corrected chi connectivity index (χ1v) is 11.0. The van der Waals surface area contributed by atoms with Crippen molar-refractivity contribution in [2.24, 2.45) is 0 Å². The highest BCUT2D eigenvalue weighted by Gasteiger charge is 2.32. The van der Waals surface area contributed by atoms with Crippen molar-refractivity contribution in [2.45, 2.75) is 13.1 Å². The Morgan fingerprint density at radius 1 is 1.03 bits per heavy atom. The Labute approximate surface area is 199 Å². The standard InChI is InChI=1S/C24H22F3N7O/c1-15-3-2-4-19-20(14-29-33-22(15)19)31-21-5-6-28-23(32-21)30-17-11-16(24(25,26)27)12-18(13-17)34-7-9-35-10-8-34/h2-6,11-14H,7-10H2,1H3,(H2,28,30,31,32,33). The molecule has 0 saturated carbocycles. The molecule has 180 valence electrons. The van der Waals surface area contributed by atoms with Gasteiger partial charge in [0.2, 0.25) is 5.95 Å². The zero-order chi connectivity index (χ0) is 24.4. The lowest BCUT2D eigenvalue weighted by molar-refractivity contribution is -0.137. The summed E-state index contributed by atoms with van der Waals surface area (Å²) in [6.45, 7) is 3.92. The number of hydrogen-bond acceptors (Lipinski definition) is 8. The van der Waals surface area contributed by atoms with Crippen LogP contribution in [0, 0.1) is 6.92 Å². The Hall–Kier alpha value is -3.99. The Kier molecular flexibility index (Phi) is 6.08. The summed E-state index contributed by atoms with van der Waals surface area (Å²) < 4.78 is 46.1. The van der Waals surface area contributed by atoms with Gasteiger partial charge in [0.25, 0.3) is 0 Å². The van der Waals surface area contributed by atoms with Gasteiger partial charge in [0.1, 0.15) is 5.82 Å². The van der Waals surface area contributed by atoms with Gasteiger partial charge >= 0.3 is 6.18 Å². The van der Waals surface area contributed by atoms with E-state index in [0.29, 0.717) is 43.5 Å². The lowest BCUT2D eigenvalue weighted by atomic mass is 10.1. The minimum Gasteiger partial charge on any atom is -0.378 e. The quantitative estimate of drug-likeness (QED) is 0.409. The van der Waals surface area contributed by atoms with Crippen molar-refractivity contribution in [1.29, 1.82) is 0 Å². The van der Waals surface area contributed by atoms with Crippen LogP contribution < -0.4 is 15.5 Å². The zero-order valence-corrected chi connectivity index (χ0v) is 18.8. The molecule has 2 aromatic heterocycles. The fourth-order valence-electron chi connectivity index (χ4n) is 3.93. The molecule has 11 heteroatoms. The summed E-state index contributed by atoms with van der Waals surface area (Å²) in [7, 11) is 0. The predicted octanol–water partition coefficient (Wildman–Crippen LogP) is 5.07. The van der Waals surface area contributed by atoms with Crippen molar-refractivity contribution < 1.29 is 17.9 Å². The predicted molar refractivity (Wildman–Crippen MR) is 127 cm³/mol. The smallest absolute Gasteiger partial charge is 0.378 e. The van der Waals surface area contributed by atoms with E-state index < -0.39 is 11.7 Å². The number of halogens is 3. The highest BCUT2D eigenvalue weighted by Crippen LogP contribution is 2.35. The number of benzene rings is 2. The van der Waals surface area contributed by atoms with Gasteiger partial charge in [-0.25, -0.2) is 4.98 Å². The third kappa shape index (κ3) is 5.09. The van der Waals surface area contributed by atoms with Gasteiger partial charge in [-0.05, 0) is 36.8 Å². The molecule has 3 heterocycles. The van der Waals surface area contributed by atoms with Crippen LogP contribution in [0.2, 0.25) is 0 Å². The number of morpholine rings is 1. The van der Waals surface area contributed by atoms with Gasteiger partial charge in [-0.3, -0.25) is 0 Å². The van der Waals surface area contributed by atoms with E-state index >= 15 is 0 Å². The van der Waals surface area contributed by atoms with Gasteiger partial charge in [-0.1, -0.05) is 18.2 Å². The molecule has 2 N–H and O–H groups in total. The topological polar surface area (TPSA) is 88.1 Å². The summed E-state index contributed by atoms with van der Waals surface area (Å²) in [5.41, 5.74) is 2.42. The molecular weight excluding hydrogens is 459 g/mol. The van der Waals surface area contributed by atoms with Crippen LogP contribution in [-0.2, 0) is 10.9 Å². The summed E-state index contributed by atoms with van der Waals surface area (Å²) in [4.78, 5) is 10.5. The van der Waals surface area contributed by atoms with E-state index in [0.717, 1.165) is 28.6 Å². The van der Waals surface area contributed by atoms with Gasteiger partial charge in [0.05, 0.1) is 36.2 Å². The number of nitrogens with zero attached hydrogens (tertiary/aromatic N) is 5. The number of ether oxygens (including phenoxy) is 1. The van der Waals surface area contributed by atoms with Gasteiger partial charge < -0.3 is 20.3 Å². The van der Waals surface area contributed by atoms with Crippen LogP contribution >= 0.6 is 0 Å². The lowest BCUT2D eigenvalue weighted by Crippen LogP contribution is -2.36. The fourth-order valence-corrected chi connectivity index (χ4v) is 3.93. The summed E-state index contributed by atoms with van der Waals surface area (Å²) in [6, 6.07) is 11.3. The fraction of sp³-hybridized carbons (Fsp3) is 0.250. The molecule has 0 atom stereocenters. The van der Waals surface area contributed by atoms with Gasteiger partial charge in [-0.2, -0.15) is 28.4 Å². The molecule has 1 aliphatic rings. The molecule has 8 nitrogen and oxygen atoms in total. The normalized spacial score (nSPS) is 14.2. The minimum atomic E-state index is -4.49. The van der Waals surface area contributed by atoms with Crippen molar-refractivity contribution in [3.8, 4) is 0 Å². The summed E-state index contributed by atoms with van der Waals surface area (Å²) in [5, 5.41) is 15.2. The first-order chi connectivity index (χ1) is 16.9. The molecule has 1 fully saturated rings. The molecule has 2 aromatic carbocycles. The molecule has 4 aromatic rings. The second-order valence-electron chi connectivity index (χ2n) is 8.11. The van der Waals surface area contributed by atoms with Crippen LogP contribution in [0.5, 0.6) is 0 Å². The molecule has 35 heavy (non-hydrogen) atoms. The van der Waals surface area contributed by atoms with E-state index in [1.165, 1.54) is 6.20 Å². The van der Waals surface area contributed by atoms with E-state index in [4.69, 9.17) is 4.74 Å². The highest BCUT2D eigenvalue weighted by atomic mass is 19.4. The van der Waals surface area contributed by atoms with Gasteiger partial charge in [-0.15, -0.1) is 0 Å². The number of anilines is 5. The van der Waals surface area contributed by atoms with E-state index in [-0.39, 0.29) is 11.6 Å². The van der Waals surface area contributed by atoms with Crippen molar-refractivity contribution in [1.82, 2.24) is 20.2 Å². The molecule has 0 amide bonds. The van der Waals surface area contributed by atoms with E-state index in [1.54, 1.807) is 18.3 Å². The number of aromatic nitrogens is 4. The van der Waals surface area contributed by atoms with Crippen LogP contribution in [0.3, 0.4) is 0 Å². The Balaban J connectivity index is 1.43. The molecule has 0 unspecified atom stereocenters. The largest absolute Gasteiger partial charge is 0.416 e. The number of hydrogen-bond donors (Lipinski definition) is 2. The monoisotopic (exact) mass is 481 g/mol. The third-order valence-electron chi connectivity index (χ3n) is 5.67. The summed E-state index contributed by atoms with van der Waals surface area (Å²) >= 11 is 0. The summed E-state index contributed by atoms with van der Waals surface area (Å²) in [6.07, 6.45) is -1.37. The highest BCUT2D eigenvalue weighted by molar-refractivity contribution is 5.93. The molecule has 0 spiro atoms. The van der Waals surface area contributed by atoms with Crippen LogP contribution in [0.1, 0.15) is 11.1 Å². The number of fused-ring (bicyclic) bond motifs is 1. The lowest BCUT2D eigenvalue weighted by Gasteiger charge is -2.29. The van der Waals surface area contributed by atoms with E-state index in [9.17, 15) is 13.2 Å². The Bertz CT molecular complexity index is 1360. The third-order valence-corrected chi connectivity index (χ3v) is 5.67. The van der Waals surface area contributed by atoms with E-state index in [1.807, 2.05) is 30.0 Å². The number of rotatable bonds is 5. The second kappa shape index (κ2) is 9.34. The SMILES string of the molecule is Cc1cccc2c(Nc3ccnc(Nc4cc(N5CCOCC5)cc(C(F)(F)F)c4)n3)cnnc12. The molecule has 1 saturated heterocycles. The first-order valence-electron chi connectivity index (χ1n) is 11.0. The maximum Gasteiger partial charge on any atom is 0.416 e. The molecular formula is C24H22F3N7O. The number of nitrogens with one attached hydrogen (secondary N) is 2. The molecule has 0 radical (unpaired) electrons. The minimum absolute atomic E-state index is 0.157. The van der Waals surface area contributed by atoms with Crippen molar-refractivity contribution in [3.63, 3.8) is 0 Å². The van der Waals surface area contributed by atoms with Gasteiger partial charge in [0.15, 0.2) is 0 Å².